The van der Waals surface area contributed by atoms with Gasteiger partial charge in [0.25, 0.3) is 0 Å². The van der Waals surface area contributed by atoms with Crippen molar-refractivity contribution in [2.24, 2.45) is 0 Å². The normalized spacial score (nSPS) is 12.3. The van der Waals surface area contributed by atoms with Crippen LogP contribution >= 0.6 is 7.60 Å². The summed E-state index contributed by atoms with van der Waals surface area (Å²) in [6.07, 6.45) is -0.243. The van der Waals surface area contributed by atoms with E-state index < -0.39 is 7.60 Å². The Kier molecular flexibility index (Phi) is 9.12. The van der Waals surface area contributed by atoms with Crippen LogP contribution < -0.4 is 0 Å². The van der Waals surface area contributed by atoms with Gasteiger partial charge in [-0.3, -0.25) is 9.46 Å². The Bertz CT molecular complexity index is 198. The molecule has 0 aromatic rings. The highest BCUT2D eigenvalue weighted by Gasteiger charge is 2.18. The summed E-state index contributed by atoms with van der Waals surface area (Å²) >= 11 is 0. The highest BCUT2D eigenvalue weighted by molar-refractivity contribution is 7.51. The molecule has 7 heteroatoms. The van der Waals surface area contributed by atoms with Crippen molar-refractivity contribution >= 4 is 7.60 Å². The molecule has 0 rings (SSSR count). The highest BCUT2D eigenvalue weighted by atomic mass is 31.2. The monoisotopic (exact) mass is 255 g/mol. The van der Waals surface area contributed by atoms with E-state index in [0.29, 0.717) is 39.5 Å². The molecule has 0 aliphatic rings. The number of nitrogens with zero attached hydrogens (tertiary/aromatic N) is 1. The average molecular weight is 255 g/mol. The fourth-order valence-electron chi connectivity index (χ4n) is 1.19. The Morgan fingerprint density at radius 1 is 1.06 bits per heavy atom. The predicted octanol–water partition coefficient (Wildman–Crippen LogP) is 0.497. The van der Waals surface area contributed by atoms with Gasteiger partial charge in [0.05, 0.1) is 13.2 Å². The SMILES string of the molecule is CCOCCN(CCOCC)CP(=O)(O)O. The zero-order chi connectivity index (χ0) is 12.4. The fraction of sp³-hybridized carbons (Fsp3) is 1.00. The van der Waals surface area contributed by atoms with Crippen LogP contribution in [0, 0.1) is 0 Å². The first-order valence-electron chi connectivity index (χ1n) is 5.42. The van der Waals surface area contributed by atoms with E-state index >= 15 is 0 Å². The van der Waals surface area contributed by atoms with Gasteiger partial charge in [-0.15, -0.1) is 0 Å². The molecule has 16 heavy (non-hydrogen) atoms. The van der Waals surface area contributed by atoms with Crippen LogP contribution in [0.1, 0.15) is 13.8 Å². The quantitative estimate of drug-likeness (QED) is 0.437. The third-order valence-corrected chi connectivity index (χ3v) is 2.66. The van der Waals surface area contributed by atoms with Crippen molar-refractivity contribution in [2.75, 3.05) is 45.8 Å². The van der Waals surface area contributed by atoms with Crippen molar-refractivity contribution in [3.8, 4) is 0 Å². The number of hydrogen-bond acceptors (Lipinski definition) is 4. The van der Waals surface area contributed by atoms with Crippen LogP contribution in [0.4, 0.5) is 0 Å². The van der Waals surface area contributed by atoms with E-state index in [0.717, 1.165) is 0 Å². The largest absolute Gasteiger partial charge is 0.380 e. The van der Waals surface area contributed by atoms with E-state index in [2.05, 4.69) is 0 Å². The third kappa shape index (κ3) is 10.5. The van der Waals surface area contributed by atoms with E-state index in [-0.39, 0.29) is 6.29 Å². The van der Waals surface area contributed by atoms with Crippen LogP contribution in [0.15, 0.2) is 0 Å². The lowest BCUT2D eigenvalue weighted by molar-refractivity contribution is 0.0880. The molecule has 0 spiro atoms. The summed E-state index contributed by atoms with van der Waals surface area (Å²) in [7, 11) is -4.00. The van der Waals surface area contributed by atoms with Gasteiger partial charge in [0.1, 0.15) is 6.29 Å². The van der Waals surface area contributed by atoms with Crippen molar-refractivity contribution in [2.45, 2.75) is 13.8 Å². The van der Waals surface area contributed by atoms with Crippen molar-refractivity contribution < 1.29 is 23.8 Å². The van der Waals surface area contributed by atoms with E-state index in [4.69, 9.17) is 19.3 Å². The first-order valence-corrected chi connectivity index (χ1v) is 7.21. The molecule has 0 saturated heterocycles. The summed E-state index contributed by atoms with van der Waals surface area (Å²) in [6.45, 7) is 6.94. The minimum absolute atomic E-state index is 0.243. The van der Waals surface area contributed by atoms with Crippen molar-refractivity contribution in [3.63, 3.8) is 0 Å². The van der Waals surface area contributed by atoms with E-state index in [1.807, 2.05) is 13.8 Å². The van der Waals surface area contributed by atoms with Gasteiger partial charge in [0.15, 0.2) is 0 Å². The molecule has 0 fully saturated rings. The van der Waals surface area contributed by atoms with Crippen LogP contribution in [-0.2, 0) is 14.0 Å². The lowest BCUT2D eigenvalue weighted by atomic mass is 10.5. The number of rotatable bonds is 10. The maximum atomic E-state index is 10.9. The summed E-state index contributed by atoms with van der Waals surface area (Å²) in [5.41, 5.74) is 0. The minimum atomic E-state index is -4.00. The Morgan fingerprint density at radius 3 is 1.81 bits per heavy atom. The van der Waals surface area contributed by atoms with Crippen LogP contribution in [0.2, 0.25) is 0 Å². The molecule has 0 heterocycles. The molecule has 0 aliphatic heterocycles. The fourth-order valence-corrected chi connectivity index (χ4v) is 1.99. The Labute approximate surface area is 96.7 Å². The van der Waals surface area contributed by atoms with E-state index in [9.17, 15) is 4.57 Å². The molecule has 0 atom stereocenters. The summed E-state index contributed by atoms with van der Waals surface area (Å²) < 4.78 is 21.2. The van der Waals surface area contributed by atoms with Gasteiger partial charge < -0.3 is 19.3 Å². The Hall–Kier alpha value is 0.0300. The van der Waals surface area contributed by atoms with E-state index in [1.165, 1.54) is 0 Å². The summed E-state index contributed by atoms with van der Waals surface area (Å²) in [5.74, 6) is 0. The standard InChI is InChI=1S/C9H22NO5P/c1-3-14-7-5-10(6-8-15-4-2)9-16(11,12)13/h3-9H2,1-2H3,(H2,11,12,13). The molecular weight excluding hydrogens is 233 g/mol. The average Bonchev–Trinajstić information content (AvgIpc) is 2.16. The molecule has 0 radical (unpaired) electrons. The van der Waals surface area contributed by atoms with Crippen LogP contribution in [0.3, 0.4) is 0 Å². The number of ether oxygens (including phenoxy) is 2. The van der Waals surface area contributed by atoms with Gasteiger partial charge in [-0.2, -0.15) is 0 Å². The van der Waals surface area contributed by atoms with Gasteiger partial charge in [-0.05, 0) is 13.8 Å². The van der Waals surface area contributed by atoms with Crippen molar-refractivity contribution in [3.05, 3.63) is 0 Å². The molecule has 0 aromatic carbocycles. The smallest absolute Gasteiger partial charge is 0.339 e. The summed E-state index contributed by atoms with van der Waals surface area (Å²) in [6, 6.07) is 0. The highest BCUT2D eigenvalue weighted by Crippen LogP contribution is 2.34. The van der Waals surface area contributed by atoms with Gasteiger partial charge in [0, 0.05) is 26.3 Å². The lowest BCUT2D eigenvalue weighted by Crippen LogP contribution is -2.32. The molecule has 0 amide bonds. The second-order valence-electron chi connectivity index (χ2n) is 3.32. The first kappa shape index (κ1) is 16.0. The van der Waals surface area contributed by atoms with Crippen molar-refractivity contribution in [1.29, 1.82) is 0 Å². The van der Waals surface area contributed by atoms with Gasteiger partial charge >= 0.3 is 7.60 Å². The van der Waals surface area contributed by atoms with Crippen molar-refractivity contribution in [1.82, 2.24) is 4.90 Å². The van der Waals surface area contributed by atoms with Gasteiger partial charge in [-0.1, -0.05) is 0 Å². The molecule has 2 N–H and O–H groups in total. The summed E-state index contributed by atoms with van der Waals surface area (Å²) in [5, 5.41) is 0. The van der Waals surface area contributed by atoms with Crippen LogP contribution in [0.5, 0.6) is 0 Å². The van der Waals surface area contributed by atoms with Crippen LogP contribution in [-0.4, -0.2) is 60.5 Å². The first-order chi connectivity index (χ1) is 7.49. The van der Waals surface area contributed by atoms with E-state index in [1.54, 1.807) is 4.90 Å². The maximum Gasteiger partial charge on any atom is 0.339 e. The zero-order valence-electron chi connectivity index (χ0n) is 9.96. The van der Waals surface area contributed by atoms with Crippen LogP contribution in [0.25, 0.3) is 0 Å². The minimum Gasteiger partial charge on any atom is -0.380 e. The zero-order valence-corrected chi connectivity index (χ0v) is 10.9. The summed E-state index contributed by atoms with van der Waals surface area (Å²) in [4.78, 5) is 19.4. The molecular formula is C9H22NO5P. The predicted molar refractivity (Wildman–Crippen MR) is 61.5 cm³/mol. The Balaban J connectivity index is 3.90. The maximum absolute atomic E-state index is 10.9. The molecule has 0 aromatic heterocycles. The molecule has 6 nitrogen and oxygen atoms in total. The number of hydrogen-bond donors (Lipinski definition) is 2. The van der Waals surface area contributed by atoms with Gasteiger partial charge in [0.2, 0.25) is 0 Å². The Morgan fingerprint density at radius 2 is 1.50 bits per heavy atom. The second kappa shape index (κ2) is 9.10. The molecule has 98 valence electrons. The second-order valence-corrected chi connectivity index (χ2v) is 4.93. The molecule has 0 aliphatic carbocycles. The van der Waals surface area contributed by atoms with Gasteiger partial charge in [-0.25, -0.2) is 0 Å². The molecule has 0 unspecified atom stereocenters. The topological polar surface area (TPSA) is 79.2 Å². The molecule has 0 bridgehead atoms. The molecule has 0 saturated carbocycles. The third-order valence-electron chi connectivity index (χ3n) is 1.90. The lowest BCUT2D eigenvalue weighted by Gasteiger charge is -2.22.